The summed E-state index contributed by atoms with van der Waals surface area (Å²) in [7, 11) is -1.28. The monoisotopic (exact) mass is 251 g/mol. The van der Waals surface area contributed by atoms with Crippen LogP contribution in [0.1, 0.15) is 26.2 Å². The minimum atomic E-state index is -0.711. The summed E-state index contributed by atoms with van der Waals surface area (Å²) in [6.07, 6.45) is 4.77. The summed E-state index contributed by atoms with van der Waals surface area (Å²) in [5.41, 5.74) is 0. The molecule has 1 aliphatic heterocycles. The van der Waals surface area contributed by atoms with Gasteiger partial charge in [-0.05, 0) is 25.8 Å². The van der Waals surface area contributed by atoms with E-state index in [4.69, 9.17) is 0 Å². The van der Waals surface area contributed by atoms with Crippen molar-refractivity contribution in [3.8, 4) is 0 Å². The molecule has 1 fully saturated rings. The van der Waals surface area contributed by atoms with Crippen molar-refractivity contribution in [3.63, 3.8) is 0 Å². The van der Waals surface area contributed by atoms with Crippen LogP contribution >= 0.6 is 0 Å². The highest BCUT2D eigenvalue weighted by molar-refractivity contribution is 7.85. The fourth-order valence-corrected chi connectivity index (χ4v) is 3.40. The lowest BCUT2D eigenvalue weighted by Gasteiger charge is -2.23. The molecule has 15 heavy (non-hydrogen) atoms. The zero-order valence-electron chi connectivity index (χ0n) is 9.53. The summed E-state index contributed by atoms with van der Waals surface area (Å²) in [5.74, 6) is 1.68. The first-order valence-electron chi connectivity index (χ1n) is 5.50. The second-order valence-electron chi connectivity index (χ2n) is 4.17. The van der Waals surface area contributed by atoms with Gasteiger partial charge in [0, 0.05) is 50.7 Å². The fourth-order valence-electron chi connectivity index (χ4n) is 1.65. The second kappa shape index (κ2) is 6.76. The fraction of sp³-hybridized carbons (Fsp3) is 1.00. The third-order valence-corrected chi connectivity index (χ3v) is 5.69. The van der Waals surface area contributed by atoms with E-state index >= 15 is 0 Å². The topological polar surface area (TPSA) is 46.2 Å². The summed E-state index contributed by atoms with van der Waals surface area (Å²) in [6, 6.07) is 0.528. The van der Waals surface area contributed by atoms with Crippen LogP contribution in [-0.4, -0.2) is 44.0 Å². The lowest BCUT2D eigenvalue weighted by atomic mass is 10.1. The van der Waals surface area contributed by atoms with Gasteiger partial charge in [0.1, 0.15) is 0 Å². The summed E-state index contributed by atoms with van der Waals surface area (Å²) in [6.45, 7) is 2.95. The maximum absolute atomic E-state index is 11.1. The number of hydrogen-bond donors (Lipinski definition) is 1. The van der Waals surface area contributed by atoms with E-state index in [1.54, 1.807) is 6.26 Å². The molecule has 0 aromatic carbocycles. The molecule has 1 N–H and O–H groups in total. The van der Waals surface area contributed by atoms with Crippen molar-refractivity contribution in [2.75, 3.05) is 24.3 Å². The van der Waals surface area contributed by atoms with Gasteiger partial charge in [0.2, 0.25) is 0 Å². The second-order valence-corrected chi connectivity index (χ2v) is 7.67. The quantitative estimate of drug-likeness (QED) is 0.780. The molecule has 0 saturated carbocycles. The normalized spacial score (nSPS) is 31.1. The van der Waals surface area contributed by atoms with Gasteiger partial charge in [-0.2, -0.15) is 0 Å². The van der Waals surface area contributed by atoms with Crippen molar-refractivity contribution in [1.29, 1.82) is 0 Å². The molecule has 0 radical (unpaired) electrons. The Hall–Kier alpha value is 0.260. The number of rotatable bonds is 5. The van der Waals surface area contributed by atoms with Gasteiger partial charge in [-0.3, -0.25) is 8.42 Å². The van der Waals surface area contributed by atoms with Crippen molar-refractivity contribution in [2.24, 2.45) is 0 Å². The number of nitrogens with one attached hydrogen (secondary N) is 1. The van der Waals surface area contributed by atoms with E-state index in [1.165, 1.54) is 0 Å². The molecule has 0 aromatic heterocycles. The Morgan fingerprint density at radius 3 is 2.60 bits per heavy atom. The van der Waals surface area contributed by atoms with Crippen LogP contribution in [0.2, 0.25) is 0 Å². The minimum Gasteiger partial charge on any atom is -0.314 e. The molecule has 0 aliphatic carbocycles. The zero-order valence-corrected chi connectivity index (χ0v) is 11.2. The minimum absolute atomic E-state index is 0.273. The van der Waals surface area contributed by atoms with Gasteiger partial charge in [0.25, 0.3) is 0 Å². The predicted molar refractivity (Wildman–Crippen MR) is 67.0 cm³/mol. The van der Waals surface area contributed by atoms with E-state index in [-0.39, 0.29) is 5.25 Å². The zero-order chi connectivity index (χ0) is 11.3. The molecule has 0 amide bonds. The van der Waals surface area contributed by atoms with E-state index in [0.717, 1.165) is 37.3 Å². The van der Waals surface area contributed by atoms with Gasteiger partial charge in [0.15, 0.2) is 0 Å². The average molecular weight is 251 g/mol. The van der Waals surface area contributed by atoms with Gasteiger partial charge in [0.05, 0.1) is 0 Å². The van der Waals surface area contributed by atoms with Crippen LogP contribution < -0.4 is 5.32 Å². The highest BCUT2D eigenvalue weighted by Crippen LogP contribution is 2.09. The Labute approximate surface area is 97.3 Å². The molecule has 5 heteroatoms. The molecule has 0 spiro atoms. The van der Waals surface area contributed by atoms with Gasteiger partial charge in [-0.25, -0.2) is 0 Å². The maximum atomic E-state index is 11.1. The number of hydrogen-bond acceptors (Lipinski definition) is 3. The summed E-state index contributed by atoms with van der Waals surface area (Å²) >= 11 is 0. The lowest BCUT2D eigenvalue weighted by Crippen LogP contribution is -2.37. The Morgan fingerprint density at radius 2 is 2.07 bits per heavy atom. The maximum Gasteiger partial charge on any atom is 0.0329 e. The van der Waals surface area contributed by atoms with Gasteiger partial charge < -0.3 is 5.32 Å². The summed E-state index contributed by atoms with van der Waals surface area (Å²) in [4.78, 5) is 0. The van der Waals surface area contributed by atoms with E-state index in [0.29, 0.717) is 6.04 Å². The average Bonchev–Trinajstić information content (AvgIpc) is 2.20. The van der Waals surface area contributed by atoms with Crippen molar-refractivity contribution in [3.05, 3.63) is 0 Å². The Balaban J connectivity index is 2.10. The SMILES string of the molecule is CC(CCNC1CCS(=O)CC1)S(C)=O. The van der Waals surface area contributed by atoms with Crippen molar-refractivity contribution >= 4 is 21.6 Å². The van der Waals surface area contributed by atoms with Crippen molar-refractivity contribution < 1.29 is 8.42 Å². The lowest BCUT2D eigenvalue weighted by molar-refractivity contribution is 0.470. The summed E-state index contributed by atoms with van der Waals surface area (Å²) < 4.78 is 22.2. The van der Waals surface area contributed by atoms with E-state index in [1.807, 2.05) is 6.92 Å². The van der Waals surface area contributed by atoms with Crippen molar-refractivity contribution in [1.82, 2.24) is 5.32 Å². The highest BCUT2D eigenvalue weighted by Gasteiger charge is 2.17. The molecule has 2 atom stereocenters. The molecular weight excluding hydrogens is 230 g/mol. The molecule has 1 heterocycles. The first-order valence-corrected chi connectivity index (χ1v) is 8.61. The molecule has 1 saturated heterocycles. The first kappa shape index (κ1) is 13.3. The molecule has 1 rings (SSSR count). The predicted octanol–water partition coefficient (Wildman–Crippen LogP) is 0.644. The van der Waals surface area contributed by atoms with Crippen LogP contribution in [0.5, 0.6) is 0 Å². The van der Waals surface area contributed by atoms with Gasteiger partial charge >= 0.3 is 0 Å². The molecule has 0 bridgehead atoms. The smallest absolute Gasteiger partial charge is 0.0329 e. The van der Waals surface area contributed by atoms with Crippen LogP contribution in [0.3, 0.4) is 0 Å². The highest BCUT2D eigenvalue weighted by atomic mass is 32.2. The van der Waals surface area contributed by atoms with E-state index in [9.17, 15) is 8.42 Å². The van der Waals surface area contributed by atoms with Crippen LogP contribution in [-0.2, 0) is 21.6 Å². The standard InChI is InChI=1S/C10H21NO2S2/c1-9(14(2)12)3-6-11-10-4-7-15(13)8-5-10/h9-11H,3-8H2,1-2H3. The largest absolute Gasteiger partial charge is 0.314 e. The van der Waals surface area contributed by atoms with Crippen LogP contribution in [0, 0.1) is 0 Å². The van der Waals surface area contributed by atoms with Crippen LogP contribution in [0.4, 0.5) is 0 Å². The van der Waals surface area contributed by atoms with Gasteiger partial charge in [-0.15, -0.1) is 0 Å². The Bertz CT molecular complexity index is 236. The molecule has 1 aliphatic rings. The molecule has 0 aromatic rings. The molecule has 3 nitrogen and oxygen atoms in total. The molecule has 2 unspecified atom stereocenters. The Morgan fingerprint density at radius 1 is 1.47 bits per heavy atom. The Kier molecular flexibility index (Phi) is 6.00. The molecule has 90 valence electrons. The van der Waals surface area contributed by atoms with E-state index < -0.39 is 21.6 Å². The van der Waals surface area contributed by atoms with Gasteiger partial charge in [-0.1, -0.05) is 6.92 Å². The summed E-state index contributed by atoms with van der Waals surface area (Å²) in [5, 5.41) is 3.73. The molecular formula is C10H21NO2S2. The van der Waals surface area contributed by atoms with Crippen molar-refractivity contribution in [2.45, 2.75) is 37.5 Å². The van der Waals surface area contributed by atoms with Crippen LogP contribution in [0.15, 0.2) is 0 Å². The van der Waals surface area contributed by atoms with E-state index in [2.05, 4.69) is 5.32 Å². The first-order chi connectivity index (χ1) is 7.09. The third kappa shape index (κ3) is 5.22. The van der Waals surface area contributed by atoms with Crippen LogP contribution in [0.25, 0.3) is 0 Å². The third-order valence-electron chi connectivity index (χ3n) is 2.94.